The molecule has 0 aliphatic rings. The second-order valence-electron chi connectivity index (χ2n) is 2.82. The largest absolute Gasteiger partial charge is 0.478 e. The van der Waals surface area contributed by atoms with E-state index in [1.54, 1.807) is 6.07 Å². The molecule has 1 N–H and O–H groups in total. The van der Waals surface area contributed by atoms with Crippen LogP contribution in [0.4, 0.5) is 0 Å². The number of benzene rings is 1. The van der Waals surface area contributed by atoms with Crippen LogP contribution in [0.1, 0.15) is 10.4 Å². The van der Waals surface area contributed by atoms with Crippen molar-refractivity contribution >= 4 is 40.1 Å². The van der Waals surface area contributed by atoms with E-state index in [0.717, 1.165) is 0 Å². The maximum atomic E-state index is 10.7. The number of carboxylic acid groups (broad SMARTS) is 1. The van der Waals surface area contributed by atoms with Gasteiger partial charge in [-0.3, -0.25) is 0 Å². The molecule has 1 heterocycles. The second-order valence-corrected chi connectivity index (χ2v) is 3.52. The number of hydrogen-bond acceptors (Lipinski definition) is 3. The molecule has 0 spiro atoms. The average molecular weight is 243 g/mol. The van der Waals surface area contributed by atoms with Crippen LogP contribution in [0.15, 0.2) is 18.2 Å². The number of aromatic carboxylic acids is 1. The predicted molar refractivity (Wildman–Crippen MR) is 56.5 cm³/mol. The summed E-state index contributed by atoms with van der Waals surface area (Å²) in [4.78, 5) is 18.3. The van der Waals surface area contributed by atoms with Gasteiger partial charge in [0.15, 0.2) is 0 Å². The van der Waals surface area contributed by atoms with Crippen LogP contribution in [0.2, 0.25) is 10.4 Å². The Hall–Kier alpha value is -1.39. The normalized spacial score (nSPS) is 10.5. The molecule has 0 aliphatic heterocycles. The van der Waals surface area contributed by atoms with Gasteiger partial charge in [-0.25, -0.2) is 14.8 Å². The smallest absolute Gasteiger partial charge is 0.335 e. The van der Waals surface area contributed by atoms with E-state index in [9.17, 15) is 4.79 Å². The van der Waals surface area contributed by atoms with Crippen molar-refractivity contribution in [1.82, 2.24) is 9.97 Å². The van der Waals surface area contributed by atoms with E-state index in [0.29, 0.717) is 10.9 Å². The van der Waals surface area contributed by atoms with E-state index in [1.165, 1.54) is 12.1 Å². The van der Waals surface area contributed by atoms with Gasteiger partial charge in [0.2, 0.25) is 5.28 Å². The lowest BCUT2D eigenvalue weighted by Crippen LogP contribution is -1.96. The summed E-state index contributed by atoms with van der Waals surface area (Å²) in [6.45, 7) is 0. The number of fused-ring (bicyclic) bond motifs is 1. The number of hydrogen-bond donors (Lipinski definition) is 1. The summed E-state index contributed by atoms with van der Waals surface area (Å²) in [5.74, 6) is -1.03. The fourth-order valence-electron chi connectivity index (χ4n) is 1.20. The number of aromatic nitrogens is 2. The molecule has 4 nitrogen and oxygen atoms in total. The van der Waals surface area contributed by atoms with E-state index in [4.69, 9.17) is 28.3 Å². The third-order valence-electron chi connectivity index (χ3n) is 1.87. The van der Waals surface area contributed by atoms with Gasteiger partial charge in [0, 0.05) is 5.39 Å². The van der Waals surface area contributed by atoms with E-state index in [-0.39, 0.29) is 16.0 Å². The van der Waals surface area contributed by atoms with Crippen LogP contribution in [0.3, 0.4) is 0 Å². The van der Waals surface area contributed by atoms with Gasteiger partial charge in [0.05, 0.1) is 11.1 Å². The Morgan fingerprint density at radius 3 is 2.67 bits per heavy atom. The summed E-state index contributed by atoms with van der Waals surface area (Å²) >= 11 is 11.4. The van der Waals surface area contributed by atoms with Gasteiger partial charge in [0.25, 0.3) is 0 Å². The van der Waals surface area contributed by atoms with Crippen molar-refractivity contribution in [3.8, 4) is 0 Å². The summed E-state index contributed by atoms with van der Waals surface area (Å²) in [5.41, 5.74) is 0.549. The topological polar surface area (TPSA) is 63.1 Å². The Morgan fingerprint density at radius 1 is 1.27 bits per heavy atom. The molecular formula is C9H4Cl2N2O2. The number of carboxylic acids is 1. The van der Waals surface area contributed by atoms with Gasteiger partial charge in [-0.05, 0) is 29.8 Å². The zero-order chi connectivity index (χ0) is 11.0. The van der Waals surface area contributed by atoms with Crippen LogP contribution < -0.4 is 0 Å². The maximum Gasteiger partial charge on any atom is 0.335 e. The van der Waals surface area contributed by atoms with Crippen molar-refractivity contribution in [3.63, 3.8) is 0 Å². The van der Waals surface area contributed by atoms with Crippen LogP contribution in [0.25, 0.3) is 10.9 Å². The lowest BCUT2D eigenvalue weighted by molar-refractivity contribution is 0.0697. The first-order valence-corrected chi connectivity index (χ1v) is 4.69. The van der Waals surface area contributed by atoms with Crippen molar-refractivity contribution in [2.75, 3.05) is 0 Å². The standard InChI is InChI=1S/C9H4Cl2N2O2/c10-7-5-2-1-4(8(14)15)3-6(5)12-9(11)13-7/h1-3H,(H,14,15). The molecule has 0 radical (unpaired) electrons. The molecule has 2 rings (SSSR count). The van der Waals surface area contributed by atoms with Crippen molar-refractivity contribution in [2.24, 2.45) is 0 Å². The third kappa shape index (κ3) is 1.86. The van der Waals surface area contributed by atoms with E-state index < -0.39 is 5.97 Å². The summed E-state index contributed by atoms with van der Waals surface area (Å²) in [7, 11) is 0. The van der Waals surface area contributed by atoms with Crippen LogP contribution in [0.5, 0.6) is 0 Å². The monoisotopic (exact) mass is 242 g/mol. The first-order valence-electron chi connectivity index (χ1n) is 3.94. The Bertz CT molecular complexity index is 557. The fourth-order valence-corrected chi connectivity index (χ4v) is 1.66. The minimum absolute atomic E-state index is 0.00459. The fraction of sp³-hybridized carbons (Fsp3) is 0. The van der Waals surface area contributed by atoms with Crippen LogP contribution in [0, 0.1) is 0 Å². The number of halogens is 2. The Labute approximate surface area is 94.5 Å². The summed E-state index contributed by atoms with van der Waals surface area (Å²) in [6, 6.07) is 4.39. The van der Waals surface area contributed by atoms with Crippen LogP contribution in [-0.2, 0) is 0 Å². The highest BCUT2D eigenvalue weighted by Gasteiger charge is 2.08. The molecule has 15 heavy (non-hydrogen) atoms. The van der Waals surface area contributed by atoms with Gasteiger partial charge >= 0.3 is 5.97 Å². The minimum Gasteiger partial charge on any atom is -0.478 e. The molecule has 1 aromatic heterocycles. The molecule has 0 amide bonds. The van der Waals surface area contributed by atoms with Gasteiger partial charge in [-0.2, -0.15) is 0 Å². The van der Waals surface area contributed by atoms with Gasteiger partial charge in [-0.15, -0.1) is 0 Å². The molecule has 6 heteroatoms. The van der Waals surface area contributed by atoms with E-state index in [1.807, 2.05) is 0 Å². The zero-order valence-electron chi connectivity index (χ0n) is 7.24. The highest BCUT2D eigenvalue weighted by molar-refractivity contribution is 6.35. The van der Waals surface area contributed by atoms with Crippen LogP contribution >= 0.6 is 23.2 Å². The molecule has 76 valence electrons. The van der Waals surface area contributed by atoms with E-state index >= 15 is 0 Å². The van der Waals surface area contributed by atoms with E-state index in [2.05, 4.69) is 9.97 Å². The van der Waals surface area contributed by atoms with Crippen LogP contribution in [-0.4, -0.2) is 21.0 Å². The number of nitrogens with zero attached hydrogens (tertiary/aromatic N) is 2. The minimum atomic E-state index is -1.03. The highest BCUT2D eigenvalue weighted by Crippen LogP contribution is 2.22. The van der Waals surface area contributed by atoms with Gasteiger partial charge in [-0.1, -0.05) is 11.6 Å². The molecule has 0 unspecified atom stereocenters. The lowest BCUT2D eigenvalue weighted by atomic mass is 10.1. The second kappa shape index (κ2) is 3.64. The number of rotatable bonds is 1. The maximum absolute atomic E-state index is 10.7. The van der Waals surface area contributed by atoms with Crippen molar-refractivity contribution in [3.05, 3.63) is 34.2 Å². The SMILES string of the molecule is O=C(O)c1ccc2c(Cl)nc(Cl)nc2c1. The Balaban J connectivity index is 2.76. The summed E-state index contributed by atoms with van der Waals surface area (Å²) in [5, 5.41) is 9.55. The molecule has 2 aromatic rings. The third-order valence-corrected chi connectivity index (χ3v) is 2.33. The molecule has 0 saturated carbocycles. The van der Waals surface area contributed by atoms with Gasteiger partial charge < -0.3 is 5.11 Å². The first-order chi connectivity index (χ1) is 7.08. The molecule has 0 bridgehead atoms. The summed E-state index contributed by atoms with van der Waals surface area (Å²) in [6.07, 6.45) is 0. The highest BCUT2D eigenvalue weighted by atomic mass is 35.5. The number of carbonyl (C=O) groups is 1. The van der Waals surface area contributed by atoms with Gasteiger partial charge in [0.1, 0.15) is 5.15 Å². The molecular weight excluding hydrogens is 239 g/mol. The molecule has 0 fully saturated rings. The quantitative estimate of drug-likeness (QED) is 0.617. The van der Waals surface area contributed by atoms with Crippen molar-refractivity contribution < 1.29 is 9.90 Å². The average Bonchev–Trinajstić information content (AvgIpc) is 2.16. The first kappa shape index (κ1) is 10.1. The molecule has 0 atom stereocenters. The summed E-state index contributed by atoms with van der Waals surface area (Å²) < 4.78 is 0. The Morgan fingerprint density at radius 2 is 2.00 bits per heavy atom. The molecule has 1 aromatic carbocycles. The lowest BCUT2D eigenvalue weighted by Gasteiger charge is -2.01. The van der Waals surface area contributed by atoms with Crippen molar-refractivity contribution in [2.45, 2.75) is 0 Å². The Kier molecular flexibility index (Phi) is 2.46. The zero-order valence-corrected chi connectivity index (χ0v) is 8.75. The predicted octanol–water partition coefficient (Wildman–Crippen LogP) is 2.63. The molecule has 0 aliphatic carbocycles. The van der Waals surface area contributed by atoms with Crippen molar-refractivity contribution in [1.29, 1.82) is 0 Å². The molecule has 0 saturated heterocycles.